The van der Waals surface area contributed by atoms with Gasteiger partial charge in [0.25, 0.3) is 5.91 Å². The fourth-order valence-corrected chi connectivity index (χ4v) is 4.30. The van der Waals surface area contributed by atoms with Crippen molar-refractivity contribution in [3.8, 4) is 5.75 Å². The molecule has 0 bridgehead atoms. The van der Waals surface area contributed by atoms with E-state index >= 15 is 0 Å². The minimum atomic E-state index is -0.0285. The summed E-state index contributed by atoms with van der Waals surface area (Å²) < 4.78 is 5.54. The first-order valence-electron chi connectivity index (χ1n) is 10.3. The number of ether oxygens (including phenoxy) is 1. The Morgan fingerprint density at radius 1 is 1.00 bits per heavy atom. The van der Waals surface area contributed by atoms with Crippen LogP contribution in [0.25, 0.3) is 0 Å². The van der Waals surface area contributed by atoms with Crippen LogP contribution < -0.4 is 15.0 Å². The van der Waals surface area contributed by atoms with Crippen molar-refractivity contribution in [3.63, 3.8) is 0 Å². The Kier molecular flexibility index (Phi) is 5.81. The van der Waals surface area contributed by atoms with E-state index in [4.69, 9.17) is 4.74 Å². The summed E-state index contributed by atoms with van der Waals surface area (Å²) in [6.07, 6.45) is 3.82. The molecule has 148 valence electrons. The number of nitrogens with zero attached hydrogens (tertiary/aromatic N) is 2. The highest BCUT2D eigenvalue weighted by Gasteiger charge is 2.30. The number of nitrogens with one attached hydrogen (secondary N) is 1. The van der Waals surface area contributed by atoms with Crippen LogP contribution in [0.4, 0.5) is 5.69 Å². The molecule has 1 amide bonds. The summed E-state index contributed by atoms with van der Waals surface area (Å²) in [6, 6.07) is 16.1. The van der Waals surface area contributed by atoms with Gasteiger partial charge in [-0.25, -0.2) is 0 Å². The van der Waals surface area contributed by atoms with Crippen LogP contribution in [-0.4, -0.2) is 50.6 Å². The molecule has 2 aromatic rings. The molecule has 4 rings (SSSR count). The number of rotatable bonds is 4. The van der Waals surface area contributed by atoms with E-state index in [-0.39, 0.29) is 11.9 Å². The van der Waals surface area contributed by atoms with Crippen LogP contribution in [0.15, 0.2) is 48.5 Å². The zero-order chi connectivity index (χ0) is 19.3. The molecule has 2 fully saturated rings. The van der Waals surface area contributed by atoms with Gasteiger partial charge in [-0.15, -0.1) is 0 Å². The van der Waals surface area contributed by atoms with Gasteiger partial charge in [0.2, 0.25) is 0 Å². The van der Waals surface area contributed by atoms with Crippen molar-refractivity contribution in [3.05, 3.63) is 59.7 Å². The van der Waals surface area contributed by atoms with E-state index in [0.29, 0.717) is 6.54 Å². The Morgan fingerprint density at radius 3 is 2.50 bits per heavy atom. The number of piperidine rings is 1. The van der Waals surface area contributed by atoms with Gasteiger partial charge in [0.15, 0.2) is 0 Å². The van der Waals surface area contributed by atoms with E-state index in [0.717, 1.165) is 43.1 Å². The maximum atomic E-state index is 13.3. The van der Waals surface area contributed by atoms with Gasteiger partial charge in [-0.05, 0) is 49.6 Å². The number of benzene rings is 2. The van der Waals surface area contributed by atoms with E-state index < -0.39 is 0 Å². The largest absolute Gasteiger partial charge is 0.496 e. The quantitative estimate of drug-likeness (QED) is 0.884. The Morgan fingerprint density at radius 2 is 1.75 bits per heavy atom. The molecule has 0 aromatic heterocycles. The van der Waals surface area contributed by atoms with Gasteiger partial charge in [-0.3, -0.25) is 4.79 Å². The molecule has 5 heteroatoms. The summed E-state index contributed by atoms with van der Waals surface area (Å²) in [5.74, 6) is 0.914. The molecule has 0 radical (unpaired) electrons. The highest BCUT2D eigenvalue weighted by molar-refractivity contribution is 5.95. The standard InChI is InChI=1S/C23H29N3O2/c1-28-22-8-4-3-7-20(22)21-17-24-13-16-26(21)23(27)18-9-11-19(12-10-18)25-14-5-2-6-15-25/h3-4,7-12,21,24H,2,5-6,13-17H2,1H3. The summed E-state index contributed by atoms with van der Waals surface area (Å²) in [4.78, 5) is 17.7. The second kappa shape index (κ2) is 8.65. The number of hydrogen-bond donors (Lipinski definition) is 1. The predicted octanol–water partition coefficient (Wildman–Crippen LogP) is 3.47. The maximum absolute atomic E-state index is 13.3. The Bertz CT molecular complexity index is 800. The van der Waals surface area contributed by atoms with Gasteiger partial charge in [-0.1, -0.05) is 18.2 Å². The molecule has 1 unspecified atom stereocenters. The van der Waals surface area contributed by atoms with Crippen LogP contribution in [0.2, 0.25) is 0 Å². The number of methoxy groups -OCH3 is 1. The Labute approximate surface area is 167 Å². The molecular formula is C23H29N3O2. The van der Waals surface area contributed by atoms with Crippen LogP contribution in [0, 0.1) is 0 Å². The summed E-state index contributed by atoms with van der Waals surface area (Å²) in [5, 5.41) is 3.42. The van der Waals surface area contributed by atoms with Crippen molar-refractivity contribution < 1.29 is 9.53 Å². The minimum absolute atomic E-state index is 0.0285. The highest BCUT2D eigenvalue weighted by atomic mass is 16.5. The third kappa shape index (κ3) is 3.85. The molecule has 2 aliphatic heterocycles. The van der Waals surface area contributed by atoms with Crippen LogP contribution in [-0.2, 0) is 0 Å². The molecule has 0 aliphatic carbocycles. The predicted molar refractivity (Wildman–Crippen MR) is 112 cm³/mol. The summed E-state index contributed by atoms with van der Waals surface area (Å²) in [7, 11) is 1.68. The van der Waals surface area contributed by atoms with Crippen molar-refractivity contribution in [1.82, 2.24) is 10.2 Å². The SMILES string of the molecule is COc1ccccc1C1CNCCN1C(=O)c1ccc(N2CCCCC2)cc1. The molecule has 5 nitrogen and oxygen atoms in total. The monoisotopic (exact) mass is 379 g/mol. The lowest BCUT2D eigenvalue weighted by atomic mass is 10.0. The Hall–Kier alpha value is -2.53. The number of amides is 1. The Balaban J connectivity index is 1.55. The fourth-order valence-electron chi connectivity index (χ4n) is 4.30. The summed E-state index contributed by atoms with van der Waals surface area (Å²) in [5.41, 5.74) is 3.02. The number of anilines is 1. The van der Waals surface area contributed by atoms with Crippen molar-refractivity contribution in [1.29, 1.82) is 0 Å². The molecular weight excluding hydrogens is 350 g/mol. The molecule has 0 saturated carbocycles. The number of carbonyl (C=O) groups is 1. The first kappa shape index (κ1) is 18.8. The molecule has 0 spiro atoms. The lowest BCUT2D eigenvalue weighted by molar-refractivity contribution is 0.0631. The van der Waals surface area contributed by atoms with E-state index in [1.54, 1.807) is 7.11 Å². The average molecular weight is 380 g/mol. The summed E-state index contributed by atoms with van der Waals surface area (Å²) in [6.45, 7) is 4.46. The van der Waals surface area contributed by atoms with E-state index in [1.807, 2.05) is 35.2 Å². The van der Waals surface area contributed by atoms with Crippen molar-refractivity contribution in [2.45, 2.75) is 25.3 Å². The fraction of sp³-hybridized carbons (Fsp3) is 0.435. The second-order valence-electron chi connectivity index (χ2n) is 7.56. The lowest BCUT2D eigenvalue weighted by Crippen LogP contribution is -2.48. The molecule has 28 heavy (non-hydrogen) atoms. The first-order chi connectivity index (χ1) is 13.8. The smallest absolute Gasteiger partial charge is 0.254 e. The molecule has 2 saturated heterocycles. The molecule has 2 heterocycles. The first-order valence-corrected chi connectivity index (χ1v) is 10.3. The number of para-hydroxylation sites is 1. The van der Waals surface area contributed by atoms with Gasteiger partial charge in [0, 0.05) is 49.5 Å². The zero-order valence-corrected chi connectivity index (χ0v) is 16.6. The third-order valence-corrected chi connectivity index (χ3v) is 5.84. The highest BCUT2D eigenvalue weighted by Crippen LogP contribution is 2.31. The molecule has 1 atom stereocenters. The van der Waals surface area contributed by atoms with E-state index in [1.165, 1.54) is 24.9 Å². The average Bonchev–Trinajstić information content (AvgIpc) is 2.79. The van der Waals surface area contributed by atoms with Gasteiger partial charge in [0.05, 0.1) is 13.2 Å². The molecule has 2 aliphatic rings. The van der Waals surface area contributed by atoms with Crippen LogP contribution >= 0.6 is 0 Å². The zero-order valence-electron chi connectivity index (χ0n) is 16.6. The van der Waals surface area contributed by atoms with Gasteiger partial charge >= 0.3 is 0 Å². The third-order valence-electron chi connectivity index (χ3n) is 5.84. The van der Waals surface area contributed by atoms with Gasteiger partial charge < -0.3 is 19.9 Å². The topological polar surface area (TPSA) is 44.8 Å². The van der Waals surface area contributed by atoms with E-state index in [9.17, 15) is 4.79 Å². The van der Waals surface area contributed by atoms with Crippen molar-refractivity contribution in [2.75, 3.05) is 44.7 Å². The van der Waals surface area contributed by atoms with E-state index in [2.05, 4.69) is 28.4 Å². The molecule has 2 aromatic carbocycles. The number of piperazine rings is 1. The van der Waals surface area contributed by atoms with Crippen LogP contribution in [0.3, 0.4) is 0 Å². The minimum Gasteiger partial charge on any atom is -0.496 e. The van der Waals surface area contributed by atoms with Gasteiger partial charge in [0.1, 0.15) is 5.75 Å². The normalized spacial score (nSPS) is 20.1. The number of carbonyl (C=O) groups excluding carboxylic acids is 1. The lowest BCUT2D eigenvalue weighted by Gasteiger charge is -2.37. The van der Waals surface area contributed by atoms with Gasteiger partial charge in [-0.2, -0.15) is 0 Å². The molecule has 1 N–H and O–H groups in total. The van der Waals surface area contributed by atoms with Crippen molar-refractivity contribution in [2.24, 2.45) is 0 Å². The van der Waals surface area contributed by atoms with Crippen LogP contribution in [0.1, 0.15) is 41.2 Å². The summed E-state index contributed by atoms with van der Waals surface area (Å²) >= 11 is 0. The maximum Gasteiger partial charge on any atom is 0.254 e. The number of hydrogen-bond acceptors (Lipinski definition) is 4. The van der Waals surface area contributed by atoms with Crippen LogP contribution in [0.5, 0.6) is 5.75 Å². The van der Waals surface area contributed by atoms with Crippen molar-refractivity contribution >= 4 is 11.6 Å². The second-order valence-corrected chi connectivity index (χ2v) is 7.56.